The molecular weight excluding hydrogens is 224 g/mol. The smallest absolute Gasteiger partial charge is 0.160 e. The number of rotatable bonds is 2. The Bertz CT molecular complexity index is 327. The topological polar surface area (TPSA) is 3.24 Å². The first-order valence-corrected chi connectivity index (χ1v) is 5.28. The van der Waals surface area contributed by atoms with Crippen LogP contribution >= 0.6 is 23.2 Å². The highest BCUT2D eigenvalue weighted by molar-refractivity contribution is 6.34. The van der Waals surface area contributed by atoms with Crippen LogP contribution < -0.4 is 0 Å². The van der Waals surface area contributed by atoms with Crippen molar-refractivity contribution in [2.75, 3.05) is 13.1 Å². The predicted molar refractivity (Wildman–Crippen MR) is 56.3 cm³/mol. The quantitative estimate of drug-likeness (QED) is 0.709. The van der Waals surface area contributed by atoms with Gasteiger partial charge in [0.25, 0.3) is 0 Å². The minimum Gasteiger partial charge on any atom is -0.299 e. The van der Waals surface area contributed by atoms with Gasteiger partial charge < -0.3 is 0 Å². The van der Waals surface area contributed by atoms with Crippen molar-refractivity contribution >= 4 is 23.2 Å². The van der Waals surface area contributed by atoms with Crippen molar-refractivity contribution in [2.45, 2.75) is 13.0 Å². The number of hydrogen-bond acceptors (Lipinski definition) is 1. The fourth-order valence-electron chi connectivity index (χ4n) is 1.50. The van der Waals surface area contributed by atoms with Gasteiger partial charge in [-0.15, -0.1) is 0 Å². The first kappa shape index (κ1) is 10.2. The Kier molecular flexibility index (Phi) is 2.96. The Morgan fingerprint density at radius 1 is 1.21 bits per heavy atom. The van der Waals surface area contributed by atoms with E-state index in [1.807, 2.05) is 0 Å². The highest BCUT2D eigenvalue weighted by Crippen LogP contribution is 2.26. The molecule has 0 bridgehead atoms. The Morgan fingerprint density at radius 2 is 1.79 bits per heavy atom. The lowest BCUT2D eigenvalue weighted by Crippen LogP contribution is -2.36. The Hall–Kier alpha value is -0.310. The van der Waals surface area contributed by atoms with Crippen molar-refractivity contribution in [3.63, 3.8) is 0 Å². The minimum atomic E-state index is -0.527. The van der Waals surface area contributed by atoms with Gasteiger partial charge in [0.2, 0.25) is 0 Å². The molecule has 1 fully saturated rings. The molecule has 14 heavy (non-hydrogen) atoms. The van der Waals surface area contributed by atoms with Gasteiger partial charge in [0.15, 0.2) is 5.82 Å². The summed E-state index contributed by atoms with van der Waals surface area (Å²) >= 11 is 11.4. The second-order valence-corrected chi connectivity index (χ2v) is 4.32. The van der Waals surface area contributed by atoms with E-state index in [0.717, 1.165) is 25.2 Å². The van der Waals surface area contributed by atoms with Crippen LogP contribution in [0.3, 0.4) is 0 Å². The van der Waals surface area contributed by atoms with Gasteiger partial charge in [-0.05, 0) is 37.2 Å². The van der Waals surface area contributed by atoms with E-state index in [4.69, 9.17) is 23.2 Å². The molecule has 1 nitrogen and oxygen atoms in total. The molecule has 0 saturated carbocycles. The molecule has 1 aliphatic heterocycles. The van der Waals surface area contributed by atoms with Gasteiger partial charge in [0.1, 0.15) is 0 Å². The summed E-state index contributed by atoms with van der Waals surface area (Å²) < 4.78 is 13.1. The largest absolute Gasteiger partial charge is 0.299 e. The van der Waals surface area contributed by atoms with Crippen LogP contribution in [0.2, 0.25) is 10.0 Å². The summed E-state index contributed by atoms with van der Waals surface area (Å²) in [7, 11) is 0. The van der Waals surface area contributed by atoms with Gasteiger partial charge in [0.05, 0.1) is 10.0 Å². The summed E-state index contributed by atoms with van der Waals surface area (Å²) in [6.45, 7) is 3.01. The normalized spacial score (nSPS) is 16.8. The third-order valence-corrected chi connectivity index (χ3v) is 2.95. The summed E-state index contributed by atoms with van der Waals surface area (Å²) in [5, 5.41) is 0.209. The molecule has 0 amide bonds. The van der Waals surface area contributed by atoms with E-state index < -0.39 is 5.82 Å². The molecule has 0 N–H and O–H groups in total. The lowest BCUT2D eigenvalue weighted by atomic mass is 10.1. The molecule has 1 heterocycles. The monoisotopic (exact) mass is 233 g/mol. The van der Waals surface area contributed by atoms with Crippen LogP contribution in [0.15, 0.2) is 12.1 Å². The van der Waals surface area contributed by atoms with Crippen LogP contribution in [0, 0.1) is 5.82 Å². The Balaban J connectivity index is 2.17. The zero-order valence-corrected chi connectivity index (χ0v) is 9.08. The second kappa shape index (κ2) is 4.05. The van der Waals surface area contributed by atoms with Gasteiger partial charge in [-0.1, -0.05) is 23.2 Å². The molecule has 0 aliphatic carbocycles. The third-order valence-electron chi connectivity index (χ3n) is 2.40. The van der Waals surface area contributed by atoms with E-state index in [2.05, 4.69) is 4.90 Å². The molecule has 4 heteroatoms. The maximum atomic E-state index is 13.1. The average Bonchev–Trinajstić information content (AvgIpc) is 2.07. The first-order valence-electron chi connectivity index (χ1n) is 4.52. The highest BCUT2D eigenvalue weighted by atomic mass is 35.5. The standard InChI is InChI=1S/C10H10Cl2FN/c11-8-4-7(5-9(12)10(8)13)6-14-2-1-3-14/h4-5H,1-3,6H2. The van der Waals surface area contributed by atoms with Gasteiger partial charge in [-0.25, -0.2) is 4.39 Å². The molecule has 1 aliphatic rings. The zero-order valence-electron chi connectivity index (χ0n) is 7.56. The second-order valence-electron chi connectivity index (χ2n) is 3.50. The number of benzene rings is 1. The van der Waals surface area contributed by atoms with Crippen LogP contribution in [-0.2, 0) is 6.54 Å². The van der Waals surface area contributed by atoms with Crippen molar-refractivity contribution in [2.24, 2.45) is 0 Å². The number of nitrogens with zero attached hydrogens (tertiary/aromatic N) is 1. The summed E-state index contributed by atoms with van der Waals surface area (Å²) in [5.41, 5.74) is 0.973. The van der Waals surface area contributed by atoms with E-state index >= 15 is 0 Å². The van der Waals surface area contributed by atoms with Crippen molar-refractivity contribution in [3.8, 4) is 0 Å². The molecule has 0 radical (unpaired) electrons. The van der Waals surface area contributed by atoms with Crippen molar-refractivity contribution in [3.05, 3.63) is 33.6 Å². The average molecular weight is 234 g/mol. The summed E-state index contributed by atoms with van der Waals surface area (Å²) in [5.74, 6) is -0.527. The van der Waals surface area contributed by atoms with Crippen molar-refractivity contribution < 1.29 is 4.39 Å². The van der Waals surface area contributed by atoms with E-state index in [9.17, 15) is 4.39 Å². The minimum absolute atomic E-state index is 0.105. The number of halogens is 3. The first-order chi connectivity index (χ1) is 6.66. The lowest BCUT2D eigenvalue weighted by Gasteiger charge is -2.30. The Labute approximate surface area is 92.4 Å². The van der Waals surface area contributed by atoms with E-state index in [-0.39, 0.29) is 10.0 Å². The molecule has 0 atom stereocenters. The van der Waals surface area contributed by atoms with E-state index in [1.165, 1.54) is 6.42 Å². The highest BCUT2D eigenvalue weighted by Gasteiger charge is 2.15. The van der Waals surface area contributed by atoms with Gasteiger partial charge in [-0.2, -0.15) is 0 Å². The molecule has 1 aromatic carbocycles. The number of hydrogen-bond donors (Lipinski definition) is 0. The summed E-state index contributed by atoms with van der Waals surface area (Å²) in [6.07, 6.45) is 1.24. The van der Waals surface area contributed by atoms with Crippen molar-refractivity contribution in [1.82, 2.24) is 4.90 Å². The lowest BCUT2D eigenvalue weighted by molar-refractivity contribution is 0.172. The van der Waals surface area contributed by atoms with Crippen LogP contribution in [-0.4, -0.2) is 18.0 Å². The molecule has 1 saturated heterocycles. The fourth-order valence-corrected chi connectivity index (χ4v) is 2.03. The molecule has 0 spiro atoms. The summed E-state index contributed by atoms with van der Waals surface area (Å²) in [6, 6.07) is 3.28. The molecule has 2 rings (SSSR count). The fraction of sp³-hybridized carbons (Fsp3) is 0.400. The van der Waals surface area contributed by atoms with Crippen LogP contribution in [0.4, 0.5) is 4.39 Å². The molecule has 0 unspecified atom stereocenters. The zero-order chi connectivity index (χ0) is 10.1. The van der Waals surface area contributed by atoms with Gasteiger partial charge in [0, 0.05) is 6.54 Å². The van der Waals surface area contributed by atoms with Crippen LogP contribution in [0.1, 0.15) is 12.0 Å². The molecular formula is C10H10Cl2FN. The van der Waals surface area contributed by atoms with E-state index in [1.54, 1.807) is 12.1 Å². The van der Waals surface area contributed by atoms with Crippen LogP contribution in [0.25, 0.3) is 0 Å². The maximum Gasteiger partial charge on any atom is 0.160 e. The molecule has 1 aromatic rings. The Morgan fingerprint density at radius 3 is 2.21 bits per heavy atom. The molecule has 76 valence electrons. The third kappa shape index (κ3) is 2.02. The van der Waals surface area contributed by atoms with Gasteiger partial charge >= 0.3 is 0 Å². The molecule has 0 aromatic heterocycles. The van der Waals surface area contributed by atoms with Crippen LogP contribution in [0.5, 0.6) is 0 Å². The van der Waals surface area contributed by atoms with Gasteiger partial charge in [-0.3, -0.25) is 4.90 Å². The predicted octanol–water partition coefficient (Wildman–Crippen LogP) is 3.34. The number of likely N-dealkylation sites (tertiary alicyclic amines) is 1. The van der Waals surface area contributed by atoms with Crippen molar-refractivity contribution in [1.29, 1.82) is 0 Å². The van der Waals surface area contributed by atoms with E-state index in [0.29, 0.717) is 0 Å². The summed E-state index contributed by atoms with van der Waals surface area (Å²) in [4.78, 5) is 2.26. The maximum absolute atomic E-state index is 13.1. The SMILES string of the molecule is Fc1c(Cl)cc(CN2CCC2)cc1Cl.